The molecule has 0 radical (unpaired) electrons. The number of nitriles is 1. The molecule has 21 heavy (non-hydrogen) atoms. The molecule has 3 aromatic rings. The molecule has 0 saturated heterocycles. The van der Waals surface area contributed by atoms with Crippen LogP contribution in [0, 0.1) is 11.3 Å². The van der Waals surface area contributed by atoms with Crippen LogP contribution >= 0.6 is 0 Å². The summed E-state index contributed by atoms with van der Waals surface area (Å²) in [6, 6.07) is 12.2. The lowest BCUT2D eigenvalue weighted by atomic mass is 10.1. The van der Waals surface area contributed by atoms with Crippen molar-refractivity contribution >= 4 is 0 Å². The van der Waals surface area contributed by atoms with E-state index in [2.05, 4.69) is 45.5 Å². The molecule has 0 saturated carbocycles. The molecule has 4 rings (SSSR count). The van der Waals surface area contributed by atoms with Gasteiger partial charge in [-0.05, 0) is 30.0 Å². The Morgan fingerprint density at radius 1 is 1.24 bits per heavy atom. The first kappa shape index (κ1) is 11.9. The van der Waals surface area contributed by atoms with Crippen molar-refractivity contribution in [3.05, 3.63) is 59.0 Å². The number of nitrogens with zero attached hydrogens (tertiary/aromatic N) is 3. The van der Waals surface area contributed by atoms with Gasteiger partial charge in [-0.15, -0.1) is 0 Å². The molecule has 0 amide bonds. The molecule has 102 valence electrons. The van der Waals surface area contributed by atoms with E-state index < -0.39 is 0 Å². The Morgan fingerprint density at radius 3 is 2.67 bits per heavy atom. The number of aromatic nitrogens is 3. The van der Waals surface area contributed by atoms with Gasteiger partial charge in [-0.1, -0.05) is 29.4 Å². The van der Waals surface area contributed by atoms with E-state index in [1.165, 1.54) is 11.1 Å². The maximum Gasteiger partial charge on any atom is 0.274 e. The van der Waals surface area contributed by atoms with Crippen LogP contribution in [-0.2, 0) is 12.8 Å². The van der Waals surface area contributed by atoms with Gasteiger partial charge in [-0.3, -0.25) is 0 Å². The highest BCUT2D eigenvalue weighted by Gasteiger charge is 2.26. The van der Waals surface area contributed by atoms with E-state index in [-0.39, 0.29) is 5.92 Å². The fourth-order valence-electron chi connectivity index (χ4n) is 2.83. The number of H-pyrrole nitrogens is 1. The normalized spacial score (nSPS) is 14.0. The quantitative estimate of drug-likeness (QED) is 0.780. The van der Waals surface area contributed by atoms with Gasteiger partial charge in [0.15, 0.2) is 5.82 Å². The fourth-order valence-corrected chi connectivity index (χ4v) is 2.83. The molecule has 2 aromatic heterocycles. The minimum absolute atomic E-state index is 0.269. The standard InChI is InChI=1S/C16H12N4O/c17-8-10-5-14(18-9-10)16-19-15(20-21-16)13-6-11-3-1-2-4-12(11)7-13/h1-5,9,13,18H,6-7H2. The lowest BCUT2D eigenvalue weighted by molar-refractivity contribution is 0.415. The number of hydrogen-bond donors (Lipinski definition) is 1. The van der Waals surface area contributed by atoms with Crippen molar-refractivity contribution in [1.29, 1.82) is 5.26 Å². The lowest BCUT2D eigenvalue weighted by Crippen LogP contribution is -2.00. The first-order valence-corrected chi connectivity index (χ1v) is 6.83. The second-order valence-corrected chi connectivity index (χ2v) is 5.25. The molecule has 2 heterocycles. The monoisotopic (exact) mass is 276 g/mol. The Hall–Kier alpha value is -2.87. The minimum Gasteiger partial charge on any atom is -0.356 e. The van der Waals surface area contributed by atoms with E-state index in [4.69, 9.17) is 9.78 Å². The summed E-state index contributed by atoms with van der Waals surface area (Å²) in [6.07, 6.45) is 3.53. The summed E-state index contributed by atoms with van der Waals surface area (Å²) in [4.78, 5) is 7.45. The summed E-state index contributed by atoms with van der Waals surface area (Å²) < 4.78 is 5.32. The zero-order valence-electron chi connectivity index (χ0n) is 11.2. The highest BCUT2D eigenvalue weighted by atomic mass is 16.5. The van der Waals surface area contributed by atoms with Gasteiger partial charge < -0.3 is 9.51 Å². The van der Waals surface area contributed by atoms with Crippen molar-refractivity contribution in [2.75, 3.05) is 0 Å². The van der Waals surface area contributed by atoms with Gasteiger partial charge in [-0.2, -0.15) is 10.2 Å². The Kier molecular flexibility index (Phi) is 2.61. The van der Waals surface area contributed by atoms with Crippen molar-refractivity contribution in [1.82, 2.24) is 15.1 Å². The van der Waals surface area contributed by atoms with Gasteiger partial charge in [0.1, 0.15) is 11.8 Å². The van der Waals surface area contributed by atoms with Crippen molar-refractivity contribution in [3.63, 3.8) is 0 Å². The number of benzene rings is 1. The summed E-state index contributed by atoms with van der Waals surface area (Å²) in [7, 11) is 0. The van der Waals surface area contributed by atoms with Crippen molar-refractivity contribution < 1.29 is 4.52 Å². The van der Waals surface area contributed by atoms with Gasteiger partial charge in [0.2, 0.25) is 0 Å². The smallest absolute Gasteiger partial charge is 0.274 e. The van der Waals surface area contributed by atoms with Gasteiger partial charge in [0.25, 0.3) is 5.89 Å². The van der Waals surface area contributed by atoms with Crippen LogP contribution in [0.5, 0.6) is 0 Å². The SMILES string of the molecule is N#Cc1c[nH]c(-c2nc(C3Cc4ccccc4C3)no2)c1. The molecule has 0 aliphatic heterocycles. The van der Waals surface area contributed by atoms with E-state index in [0.717, 1.165) is 18.7 Å². The molecule has 1 aromatic carbocycles. The van der Waals surface area contributed by atoms with E-state index in [1.54, 1.807) is 12.3 Å². The fraction of sp³-hybridized carbons (Fsp3) is 0.188. The summed E-state index contributed by atoms with van der Waals surface area (Å²) in [5.41, 5.74) is 3.96. The van der Waals surface area contributed by atoms with Gasteiger partial charge in [0, 0.05) is 12.1 Å². The van der Waals surface area contributed by atoms with Crippen LogP contribution in [0.2, 0.25) is 0 Å². The predicted octanol–water partition coefficient (Wildman–Crippen LogP) is 2.82. The van der Waals surface area contributed by atoms with Gasteiger partial charge >= 0.3 is 0 Å². The third-order valence-corrected chi connectivity index (χ3v) is 3.90. The van der Waals surface area contributed by atoms with Crippen LogP contribution in [0.4, 0.5) is 0 Å². The zero-order valence-corrected chi connectivity index (χ0v) is 11.2. The first-order chi connectivity index (χ1) is 10.3. The molecule has 0 fully saturated rings. The minimum atomic E-state index is 0.269. The van der Waals surface area contributed by atoms with Crippen molar-refractivity contribution in [3.8, 4) is 17.7 Å². The van der Waals surface area contributed by atoms with E-state index in [1.807, 2.05) is 0 Å². The molecule has 0 unspecified atom stereocenters. The molecular weight excluding hydrogens is 264 g/mol. The molecule has 0 spiro atoms. The summed E-state index contributed by atoms with van der Waals surface area (Å²) in [5, 5.41) is 12.9. The van der Waals surface area contributed by atoms with Crippen LogP contribution < -0.4 is 0 Å². The molecule has 5 nitrogen and oxygen atoms in total. The number of hydrogen-bond acceptors (Lipinski definition) is 4. The molecule has 0 atom stereocenters. The van der Waals surface area contributed by atoms with Gasteiger partial charge in [0.05, 0.1) is 5.56 Å². The third-order valence-electron chi connectivity index (χ3n) is 3.90. The van der Waals surface area contributed by atoms with E-state index in [0.29, 0.717) is 17.1 Å². The Labute approximate surface area is 121 Å². The highest BCUT2D eigenvalue weighted by Crippen LogP contribution is 2.33. The van der Waals surface area contributed by atoms with Crippen molar-refractivity contribution in [2.45, 2.75) is 18.8 Å². The summed E-state index contributed by atoms with van der Waals surface area (Å²) >= 11 is 0. The molecule has 0 bridgehead atoms. The van der Waals surface area contributed by atoms with E-state index >= 15 is 0 Å². The predicted molar refractivity (Wildman–Crippen MR) is 75.4 cm³/mol. The molecule has 1 aliphatic rings. The number of nitrogens with one attached hydrogen (secondary N) is 1. The second kappa shape index (κ2) is 4.60. The average molecular weight is 276 g/mol. The van der Waals surface area contributed by atoms with Crippen molar-refractivity contribution in [2.24, 2.45) is 0 Å². The van der Waals surface area contributed by atoms with Crippen LogP contribution in [0.1, 0.15) is 28.4 Å². The molecule has 1 aliphatic carbocycles. The number of fused-ring (bicyclic) bond motifs is 1. The Balaban J connectivity index is 1.60. The summed E-state index contributed by atoms with van der Waals surface area (Å²) in [6.45, 7) is 0. The number of rotatable bonds is 2. The maximum atomic E-state index is 8.84. The first-order valence-electron chi connectivity index (χ1n) is 6.83. The topological polar surface area (TPSA) is 78.5 Å². The largest absolute Gasteiger partial charge is 0.356 e. The number of aromatic amines is 1. The average Bonchev–Trinajstić information content (AvgIpc) is 3.24. The molecule has 1 N–H and O–H groups in total. The van der Waals surface area contributed by atoms with E-state index in [9.17, 15) is 0 Å². The van der Waals surface area contributed by atoms with Crippen LogP contribution in [0.3, 0.4) is 0 Å². The van der Waals surface area contributed by atoms with Crippen LogP contribution in [0.25, 0.3) is 11.6 Å². The maximum absolute atomic E-state index is 8.84. The molecule has 5 heteroatoms. The molecular formula is C16H12N4O. The van der Waals surface area contributed by atoms with Gasteiger partial charge in [-0.25, -0.2) is 0 Å². The lowest BCUT2D eigenvalue weighted by Gasteiger charge is -2.00. The highest BCUT2D eigenvalue weighted by molar-refractivity contribution is 5.51. The van der Waals surface area contributed by atoms with Crippen LogP contribution in [-0.4, -0.2) is 15.1 Å². The summed E-state index contributed by atoms with van der Waals surface area (Å²) in [5.74, 6) is 1.43. The second-order valence-electron chi connectivity index (χ2n) is 5.25. The Bertz CT molecular complexity index is 815. The third kappa shape index (κ3) is 2.01. The Morgan fingerprint density at radius 2 is 2.00 bits per heavy atom. The van der Waals surface area contributed by atoms with Crippen LogP contribution in [0.15, 0.2) is 41.1 Å². The zero-order chi connectivity index (χ0) is 14.2.